The highest BCUT2D eigenvalue weighted by molar-refractivity contribution is 6.01. The SMILES string of the molecule is O=CN1[C@@H]2CC[C@H]1CC(Oc1ccc(-c3n[nH]c4ccc(C(=O)NC(c5ccccc5)C5CCC5)cc34)cc1)C2. The van der Waals surface area contributed by atoms with Crippen LogP contribution in [0.4, 0.5) is 0 Å². The second kappa shape index (κ2) is 10.5. The Labute approximate surface area is 233 Å². The van der Waals surface area contributed by atoms with Gasteiger partial charge in [0.25, 0.3) is 5.91 Å². The number of amides is 2. The molecule has 0 spiro atoms. The molecule has 2 N–H and O–H groups in total. The first kappa shape index (κ1) is 24.9. The lowest BCUT2D eigenvalue weighted by molar-refractivity contribution is -0.123. The van der Waals surface area contributed by atoms with Crippen molar-refractivity contribution in [3.8, 4) is 17.0 Å². The highest BCUT2D eigenvalue weighted by Crippen LogP contribution is 2.39. The largest absolute Gasteiger partial charge is 0.490 e. The molecule has 2 unspecified atom stereocenters. The van der Waals surface area contributed by atoms with Gasteiger partial charge >= 0.3 is 0 Å². The number of H-pyrrole nitrogens is 1. The van der Waals surface area contributed by atoms with Gasteiger partial charge in [0.1, 0.15) is 11.9 Å². The average Bonchev–Trinajstić information content (AvgIpc) is 3.49. The summed E-state index contributed by atoms with van der Waals surface area (Å²) in [5, 5.41) is 11.9. The van der Waals surface area contributed by atoms with E-state index in [1.54, 1.807) is 0 Å². The molecule has 7 rings (SSSR count). The average molecular weight is 535 g/mol. The first-order valence-electron chi connectivity index (χ1n) is 14.5. The zero-order valence-electron chi connectivity index (χ0n) is 22.5. The Bertz CT molecular complexity index is 1500. The molecule has 204 valence electrons. The van der Waals surface area contributed by atoms with Crippen LogP contribution in [0.1, 0.15) is 66.9 Å². The lowest BCUT2D eigenvalue weighted by Gasteiger charge is -2.36. The minimum Gasteiger partial charge on any atom is -0.490 e. The zero-order chi connectivity index (χ0) is 27.1. The van der Waals surface area contributed by atoms with Crippen molar-refractivity contribution >= 4 is 23.2 Å². The Morgan fingerprint density at radius 2 is 1.73 bits per heavy atom. The molecule has 3 fully saturated rings. The first-order valence-corrected chi connectivity index (χ1v) is 14.5. The molecule has 3 aliphatic rings. The van der Waals surface area contributed by atoms with E-state index >= 15 is 0 Å². The Kier molecular flexibility index (Phi) is 6.50. The molecule has 3 heterocycles. The molecule has 3 aromatic carbocycles. The number of nitrogens with one attached hydrogen (secondary N) is 2. The lowest BCUT2D eigenvalue weighted by Crippen LogP contribution is -2.45. The summed E-state index contributed by atoms with van der Waals surface area (Å²) < 4.78 is 6.32. The van der Waals surface area contributed by atoms with Crippen LogP contribution in [0.15, 0.2) is 72.8 Å². The number of aromatic nitrogens is 2. The van der Waals surface area contributed by atoms with Crippen molar-refractivity contribution in [1.82, 2.24) is 20.4 Å². The van der Waals surface area contributed by atoms with Gasteiger partial charge in [0, 0.05) is 41.4 Å². The number of nitrogens with zero attached hydrogens (tertiary/aromatic N) is 2. The normalized spacial score (nSPS) is 23.0. The molecule has 7 nitrogen and oxygen atoms in total. The monoisotopic (exact) mass is 534 g/mol. The van der Waals surface area contributed by atoms with Crippen LogP contribution in [0.5, 0.6) is 5.75 Å². The number of ether oxygens (including phenoxy) is 1. The Morgan fingerprint density at radius 3 is 2.40 bits per heavy atom. The van der Waals surface area contributed by atoms with Gasteiger partial charge in [0.15, 0.2) is 0 Å². The molecule has 2 amide bonds. The van der Waals surface area contributed by atoms with Crippen molar-refractivity contribution in [2.24, 2.45) is 5.92 Å². The van der Waals surface area contributed by atoms with Crippen molar-refractivity contribution in [2.45, 2.75) is 69.2 Å². The van der Waals surface area contributed by atoms with Crippen LogP contribution >= 0.6 is 0 Å². The minimum absolute atomic E-state index is 0.0235. The third-order valence-corrected chi connectivity index (χ3v) is 9.19. The van der Waals surface area contributed by atoms with Gasteiger partial charge in [0.2, 0.25) is 6.41 Å². The fraction of sp³-hybridized carbons (Fsp3) is 0.364. The Hall–Kier alpha value is -4.13. The third-order valence-electron chi connectivity index (χ3n) is 9.19. The van der Waals surface area contributed by atoms with Crippen LogP contribution in [-0.4, -0.2) is 45.6 Å². The maximum atomic E-state index is 13.4. The highest BCUT2D eigenvalue weighted by atomic mass is 16.5. The molecule has 4 atom stereocenters. The van der Waals surface area contributed by atoms with Gasteiger partial charge in [-0.25, -0.2) is 0 Å². The van der Waals surface area contributed by atoms with Gasteiger partial charge in [-0.3, -0.25) is 14.7 Å². The summed E-state index contributed by atoms with van der Waals surface area (Å²) in [6, 6.07) is 24.7. The molecule has 2 bridgehead atoms. The van der Waals surface area contributed by atoms with E-state index in [0.29, 0.717) is 23.6 Å². The number of fused-ring (bicyclic) bond motifs is 3. The number of carbonyl (C=O) groups excluding carboxylic acids is 2. The van der Waals surface area contributed by atoms with E-state index in [1.165, 1.54) is 6.42 Å². The number of hydrogen-bond acceptors (Lipinski definition) is 4. The van der Waals surface area contributed by atoms with Crippen molar-refractivity contribution in [1.29, 1.82) is 0 Å². The predicted molar refractivity (Wildman–Crippen MR) is 154 cm³/mol. The van der Waals surface area contributed by atoms with E-state index in [9.17, 15) is 9.59 Å². The molecule has 1 aromatic heterocycles. The summed E-state index contributed by atoms with van der Waals surface area (Å²) in [5.41, 5.74) is 4.46. The molecule has 1 aliphatic carbocycles. The number of carbonyl (C=O) groups is 2. The van der Waals surface area contributed by atoms with E-state index in [4.69, 9.17) is 4.74 Å². The Balaban J connectivity index is 1.08. The van der Waals surface area contributed by atoms with Gasteiger partial charge in [-0.05, 0) is 79.6 Å². The molecule has 7 heteroatoms. The van der Waals surface area contributed by atoms with E-state index in [-0.39, 0.29) is 18.1 Å². The molecule has 40 heavy (non-hydrogen) atoms. The Morgan fingerprint density at radius 1 is 0.975 bits per heavy atom. The zero-order valence-corrected chi connectivity index (χ0v) is 22.5. The second-order valence-electron chi connectivity index (χ2n) is 11.6. The fourth-order valence-corrected chi connectivity index (χ4v) is 6.82. The van der Waals surface area contributed by atoms with Gasteiger partial charge in [-0.1, -0.05) is 36.8 Å². The maximum absolute atomic E-state index is 13.4. The fourth-order valence-electron chi connectivity index (χ4n) is 6.82. The van der Waals surface area contributed by atoms with Crippen molar-refractivity contribution in [3.63, 3.8) is 0 Å². The molecule has 0 radical (unpaired) electrons. The molecule has 1 saturated carbocycles. The highest BCUT2D eigenvalue weighted by Gasteiger charge is 2.40. The molecule has 2 aliphatic heterocycles. The smallest absolute Gasteiger partial charge is 0.251 e. The summed E-state index contributed by atoms with van der Waals surface area (Å²) in [6.07, 6.45) is 8.56. The van der Waals surface area contributed by atoms with Crippen molar-refractivity contribution in [3.05, 3.63) is 83.9 Å². The summed E-state index contributed by atoms with van der Waals surface area (Å²) in [7, 11) is 0. The van der Waals surface area contributed by atoms with Crippen LogP contribution in [0.25, 0.3) is 22.2 Å². The maximum Gasteiger partial charge on any atom is 0.251 e. The standard InChI is InChI=1S/C33H34N4O3/c38-20-37-25-12-13-26(37)19-28(18-25)40-27-14-9-23(10-15-27)32-29-17-24(11-16-30(29)35-36-32)33(39)34-31(22-7-4-8-22)21-5-2-1-3-6-21/h1-3,5-6,9-11,14-17,20,22,25-26,28,31H,4,7-8,12-13,18-19H2,(H,34,39)(H,35,36)/t25-,26+,28?,31?. The molecular weight excluding hydrogens is 500 g/mol. The van der Waals surface area contributed by atoms with Gasteiger partial charge < -0.3 is 15.0 Å². The van der Waals surface area contributed by atoms with Gasteiger partial charge in [0.05, 0.1) is 17.3 Å². The predicted octanol–water partition coefficient (Wildman–Crippen LogP) is 6.03. The van der Waals surface area contributed by atoms with Gasteiger partial charge in [-0.2, -0.15) is 5.10 Å². The van der Waals surface area contributed by atoms with Crippen LogP contribution in [0, 0.1) is 5.92 Å². The van der Waals surface area contributed by atoms with Crippen LogP contribution in [0.3, 0.4) is 0 Å². The summed E-state index contributed by atoms with van der Waals surface area (Å²) >= 11 is 0. The van der Waals surface area contributed by atoms with E-state index in [2.05, 4.69) is 27.6 Å². The first-order chi connectivity index (χ1) is 19.7. The molecule has 2 saturated heterocycles. The van der Waals surface area contributed by atoms with E-state index in [0.717, 1.165) is 78.4 Å². The number of benzene rings is 3. The minimum atomic E-state index is -0.0619. The number of piperidine rings is 1. The quantitative estimate of drug-likeness (QED) is 0.270. The molecular formula is C33H34N4O3. The van der Waals surface area contributed by atoms with Crippen LogP contribution in [-0.2, 0) is 4.79 Å². The van der Waals surface area contributed by atoms with E-state index in [1.807, 2.05) is 65.6 Å². The summed E-state index contributed by atoms with van der Waals surface area (Å²) in [6.45, 7) is 0. The van der Waals surface area contributed by atoms with Crippen molar-refractivity contribution < 1.29 is 14.3 Å². The summed E-state index contributed by atoms with van der Waals surface area (Å²) in [4.78, 5) is 26.8. The molecule has 4 aromatic rings. The topological polar surface area (TPSA) is 87.3 Å². The number of hydrogen-bond donors (Lipinski definition) is 2. The summed E-state index contributed by atoms with van der Waals surface area (Å²) in [5.74, 6) is 1.25. The second-order valence-corrected chi connectivity index (χ2v) is 11.6. The third kappa shape index (κ3) is 4.63. The lowest BCUT2D eigenvalue weighted by atomic mass is 9.77. The number of rotatable bonds is 8. The van der Waals surface area contributed by atoms with Crippen LogP contribution in [0.2, 0.25) is 0 Å². The number of aromatic amines is 1. The van der Waals surface area contributed by atoms with Gasteiger partial charge in [-0.15, -0.1) is 0 Å². The van der Waals surface area contributed by atoms with E-state index < -0.39 is 0 Å². The van der Waals surface area contributed by atoms with Crippen molar-refractivity contribution in [2.75, 3.05) is 0 Å². The van der Waals surface area contributed by atoms with Crippen LogP contribution < -0.4 is 10.1 Å².